The Kier molecular flexibility index (Phi) is 6.56. The number of aromatic nitrogens is 2. The van der Waals surface area contributed by atoms with Crippen LogP contribution in [0, 0.1) is 11.3 Å². The first-order valence-electron chi connectivity index (χ1n) is 7.88. The van der Waals surface area contributed by atoms with Gasteiger partial charge in [0.25, 0.3) is 0 Å². The monoisotopic (exact) mass is 479 g/mol. The molecule has 7 nitrogen and oxygen atoms in total. The molecule has 0 aliphatic carbocycles. The third kappa shape index (κ3) is 4.77. The molecule has 13 heteroatoms. The van der Waals surface area contributed by atoms with Gasteiger partial charge in [0.15, 0.2) is 21.3 Å². The van der Waals surface area contributed by atoms with Crippen LogP contribution >= 0.6 is 23.2 Å². The normalized spacial score (nSPS) is 12.2. The van der Waals surface area contributed by atoms with Gasteiger partial charge in [-0.25, -0.2) is 18.1 Å². The summed E-state index contributed by atoms with van der Waals surface area (Å²) in [5, 5.41) is 12.6. The molecule has 0 saturated carbocycles. The van der Waals surface area contributed by atoms with Crippen molar-refractivity contribution in [2.24, 2.45) is 4.99 Å². The topological polar surface area (TPSA) is 91.3 Å². The first-order valence-corrected chi connectivity index (χ1v) is 10.5. The molecule has 0 aliphatic rings. The molecule has 0 bridgehead atoms. The molecule has 160 valence electrons. The number of hydrogen-bond donors (Lipinski definition) is 0. The van der Waals surface area contributed by atoms with Crippen molar-refractivity contribution in [3.8, 4) is 11.8 Å². The van der Waals surface area contributed by atoms with Gasteiger partial charge in [-0.1, -0.05) is 29.8 Å². The molecular formula is C17H14Cl2F3N5O2S. The van der Waals surface area contributed by atoms with Crippen LogP contribution < -0.4 is 0 Å². The fourth-order valence-corrected chi connectivity index (χ4v) is 3.51. The van der Waals surface area contributed by atoms with Gasteiger partial charge in [0, 0.05) is 20.4 Å². The van der Waals surface area contributed by atoms with Crippen LogP contribution in [0.1, 0.15) is 16.8 Å². The van der Waals surface area contributed by atoms with E-state index >= 15 is 0 Å². The highest BCUT2D eigenvalue weighted by molar-refractivity contribution is 7.99. The van der Waals surface area contributed by atoms with Crippen molar-refractivity contribution in [1.82, 2.24) is 14.7 Å². The molecule has 0 aliphatic heterocycles. The summed E-state index contributed by atoms with van der Waals surface area (Å²) in [5.74, 6) is -0.195. The number of halogens is 5. The number of hydrogen-bond acceptors (Lipinski definition) is 5. The summed E-state index contributed by atoms with van der Waals surface area (Å²) < 4.78 is 64.1. The van der Waals surface area contributed by atoms with E-state index in [1.54, 1.807) is 20.2 Å². The maximum Gasteiger partial charge on any atom is 0.416 e. The van der Waals surface area contributed by atoms with Crippen molar-refractivity contribution in [2.75, 3.05) is 20.4 Å². The summed E-state index contributed by atoms with van der Waals surface area (Å²) in [5.41, 5.74) is -1.89. The van der Waals surface area contributed by atoms with Crippen LogP contribution in [-0.4, -0.2) is 49.8 Å². The van der Waals surface area contributed by atoms with Crippen molar-refractivity contribution >= 4 is 50.1 Å². The molecular weight excluding hydrogens is 466 g/mol. The molecule has 0 fully saturated rings. The van der Waals surface area contributed by atoms with E-state index in [1.807, 2.05) is 0 Å². The van der Waals surface area contributed by atoms with Crippen LogP contribution in [-0.2, 0) is 16.0 Å². The molecule has 2 rings (SSSR count). The number of aliphatic imine (C=N–C) groups is 1. The van der Waals surface area contributed by atoms with Gasteiger partial charge in [-0.2, -0.15) is 23.5 Å². The van der Waals surface area contributed by atoms with E-state index in [0.717, 1.165) is 10.9 Å². The third-order valence-corrected chi connectivity index (χ3v) is 5.34. The van der Waals surface area contributed by atoms with Crippen LogP contribution in [0.25, 0.3) is 10.6 Å². The molecule has 1 aromatic heterocycles. The van der Waals surface area contributed by atoms with Crippen LogP contribution in [0.2, 0.25) is 10.0 Å². The standard InChI is InChI=1S/C17H14Cl2F3N5O2S/c1-9(30(4,28)29)14-13(7-23)25-27(16(14)24-8-26(2)3)15-11(18)5-10(6-12(15)19)17(20,21)22/h5-6,8H,1H2,2-4H3/b24-8-. The van der Waals surface area contributed by atoms with E-state index in [-0.39, 0.29) is 22.8 Å². The van der Waals surface area contributed by atoms with Crippen molar-refractivity contribution < 1.29 is 21.6 Å². The zero-order valence-corrected chi connectivity index (χ0v) is 18.1. The van der Waals surface area contributed by atoms with E-state index < -0.39 is 36.5 Å². The summed E-state index contributed by atoms with van der Waals surface area (Å²) >= 11 is 12.1. The lowest BCUT2D eigenvalue weighted by Gasteiger charge is -2.14. The maximum atomic E-state index is 13.0. The Bertz CT molecular complexity index is 1170. The quantitative estimate of drug-likeness (QED) is 0.470. The van der Waals surface area contributed by atoms with E-state index in [1.165, 1.54) is 11.2 Å². The van der Waals surface area contributed by atoms with Crippen molar-refractivity contribution in [3.05, 3.63) is 45.6 Å². The van der Waals surface area contributed by atoms with E-state index in [9.17, 15) is 26.9 Å². The van der Waals surface area contributed by atoms with Gasteiger partial charge in [0.05, 0.1) is 32.4 Å². The zero-order chi connectivity index (χ0) is 23.0. The minimum atomic E-state index is -4.70. The Morgan fingerprint density at radius 2 is 1.87 bits per heavy atom. The minimum absolute atomic E-state index is 0.195. The Hall–Kier alpha value is -2.55. The first-order chi connectivity index (χ1) is 13.7. The largest absolute Gasteiger partial charge is 0.416 e. The lowest BCUT2D eigenvalue weighted by atomic mass is 10.2. The maximum absolute atomic E-state index is 13.0. The van der Waals surface area contributed by atoms with Gasteiger partial charge >= 0.3 is 6.18 Å². The predicted octanol–water partition coefficient (Wildman–Crippen LogP) is 4.31. The van der Waals surface area contributed by atoms with E-state index in [0.29, 0.717) is 12.1 Å². The number of sulfone groups is 1. The molecule has 0 atom stereocenters. The highest BCUT2D eigenvalue weighted by Gasteiger charge is 2.33. The van der Waals surface area contributed by atoms with Crippen molar-refractivity contribution in [2.45, 2.75) is 6.18 Å². The second-order valence-corrected chi connectivity index (χ2v) is 9.11. The Labute approximate surface area is 180 Å². The molecule has 1 heterocycles. The van der Waals surface area contributed by atoms with E-state index in [2.05, 4.69) is 16.7 Å². The Morgan fingerprint density at radius 1 is 1.33 bits per heavy atom. The number of nitriles is 1. The third-order valence-electron chi connectivity index (χ3n) is 3.66. The van der Waals surface area contributed by atoms with Gasteiger partial charge in [-0.15, -0.1) is 0 Å². The van der Waals surface area contributed by atoms with Crippen molar-refractivity contribution in [1.29, 1.82) is 5.26 Å². The molecule has 0 unspecified atom stereocenters. The number of nitrogens with zero attached hydrogens (tertiary/aromatic N) is 5. The molecule has 0 N–H and O–H groups in total. The van der Waals surface area contributed by atoms with Crippen molar-refractivity contribution in [3.63, 3.8) is 0 Å². The highest BCUT2D eigenvalue weighted by atomic mass is 35.5. The lowest BCUT2D eigenvalue weighted by molar-refractivity contribution is -0.137. The fourth-order valence-electron chi connectivity index (χ4n) is 2.31. The van der Waals surface area contributed by atoms with Crippen LogP contribution in [0.15, 0.2) is 23.7 Å². The Balaban J connectivity index is 2.93. The van der Waals surface area contributed by atoms with Crippen LogP contribution in [0.4, 0.5) is 19.0 Å². The molecule has 0 spiro atoms. The lowest BCUT2D eigenvalue weighted by Crippen LogP contribution is -2.09. The van der Waals surface area contributed by atoms with Gasteiger partial charge in [0.1, 0.15) is 11.8 Å². The van der Waals surface area contributed by atoms with Gasteiger partial charge in [-0.3, -0.25) is 0 Å². The molecule has 0 saturated heterocycles. The summed E-state index contributed by atoms with van der Waals surface area (Å²) in [7, 11) is -0.619. The first kappa shape index (κ1) is 23.7. The SMILES string of the molecule is C=C(c1c(C#N)nn(-c2c(Cl)cc(C(F)(F)F)cc2Cl)c1/N=C\N(C)C)S(C)(=O)=O. The molecule has 0 radical (unpaired) electrons. The number of benzene rings is 1. The average molecular weight is 480 g/mol. The molecule has 2 aromatic rings. The molecule has 0 amide bonds. The zero-order valence-electron chi connectivity index (χ0n) is 15.8. The minimum Gasteiger partial charge on any atom is -0.369 e. The number of rotatable bonds is 5. The van der Waals surface area contributed by atoms with Gasteiger partial charge in [0.2, 0.25) is 0 Å². The van der Waals surface area contributed by atoms with E-state index in [4.69, 9.17) is 23.2 Å². The fraction of sp³-hybridized carbons (Fsp3) is 0.235. The smallest absolute Gasteiger partial charge is 0.369 e. The predicted molar refractivity (Wildman–Crippen MR) is 109 cm³/mol. The summed E-state index contributed by atoms with van der Waals surface area (Å²) in [6.07, 6.45) is -2.54. The molecule has 30 heavy (non-hydrogen) atoms. The van der Waals surface area contributed by atoms with Gasteiger partial charge in [-0.05, 0) is 12.1 Å². The summed E-state index contributed by atoms with van der Waals surface area (Å²) in [4.78, 5) is 5.18. The second-order valence-electron chi connectivity index (χ2n) is 6.26. The second kappa shape index (κ2) is 8.29. The highest BCUT2D eigenvalue weighted by Crippen LogP contribution is 2.41. The number of alkyl halides is 3. The van der Waals surface area contributed by atoms with Gasteiger partial charge < -0.3 is 4.90 Å². The van der Waals surface area contributed by atoms with Crippen LogP contribution in [0.3, 0.4) is 0 Å². The summed E-state index contributed by atoms with van der Waals surface area (Å²) in [6, 6.07) is 3.01. The molecule has 1 aromatic carbocycles. The summed E-state index contributed by atoms with van der Waals surface area (Å²) in [6.45, 7) is 3.50. The Morgan fingerprint density at radius 3 is 2.27 bits per heavy atom. The average Bonchev–Trinajstić information content (AvgIpc) is 2.95. The van der Waals surface area contributed by atoms with Crippen LogP contribution in [0.5, 0.6) is 0 Å².